The summed E-state index contributed by atoms with van der Waals surface area (Å²) < 4.78 is 8.31. The van der Waals surface area contributed by atoms with E-state index in [1.54, 1.807) is 36.7 Å². The lowest BCUT2D eigenvalue weighted by molar-refractivity contribution is -0.118. The second-order valence-corrected chi connectivity index (χ2v) is 8.28. The molecule has 0 saturated heterocycles. The zero-order valence-electron chi connectivity index (χ0n) is 16.5. The fraction of sp³-hybridized carbons (Fsp3) is 0.227. The van der Waals surface area contributed by atoms with Crippen molar-refractivity contribution in [3.63, 3.8) is 0 Å². The highest BCUT2D eigenvalue weighted by Crippen LogP contribution is 2.32. The molecule has 0 bridgehead atoms. The number of rotatable bonds is 8. The molecule has 2 heterocycles. The fourth-order valence-corrected chi connectivity index (χ4v) is 4.33. The van der Waals surface area contributed by atoms with E-state index in [1.165, 1.54) is 11.3 Å². The van der Waals surface area contributed by atoms with E-state index < -0.39 is 0 Å². The molecule has 1 amide bonds. The number of amides is 1. The Morgan fingerprint density at radius 1 is 1.23 bits per heavy atom. The fourth-order valence-electron chi connectivity index (χ4n) is 3.16. The largest absolute Gasteiger partial charge is 0.497 e. The average molecular weight is 441 g/mol. The first-order valence-electron chi connectivity index (χ1n) is 9.57. The van der Waals surface area contributed by atoms with Crippen molar-refractivity contribution in [3.8, 4) is 5.75 Å². The van der Waals surface area contributed by atoms with E-state index in [9.17, 15) is 4.79 Å². The standard InChI is InChI=1S/C22H21ClN4O2S/c1-29-18-7-8-19-20(14-18)30-22(25-19)27(11-2-10-26-12-9-24-15-26)21(28)13-16-3-5-17(23)6-4-16/h3-9,12,14-15H,2,10-11,13H2,1H3. The first kappa shape index (κ1) is 20.4. The van der Waals surface area contributed by atoms with E-state index in [1.807, 2.05) is 41.1 Å². The highest BCUT2D eigenvalue weighted by atomic mass is 35.5. The van der Waals surface area contributed by atoms with Crippen LogP contribution in [0.1, 0.15) is 12.0 Å². The number of imidazole rings is 1. The number of nitrogens with zero attached hydrogens (tertiary/aromatic N) is 4. The number of hydrogen-bond acceptors (Lipinski definition) is 5. The molecule has 0 fully saturated rings. The number of aryl methyl sites for hydroxylation is 1. The Labute approximate surface area is 183 Å². The topological polar surface area (TPSA) is 60.2 Å². The molecule has 0 radical (unpaired) electrons. The van der Waals surface area contributed by atoms with E-state index in [0.29, 0.717) is 23.1 Å². The van der Waals surface area contributed by atoms with Crippen molar-refractivity contribution in [2.24, 2.45) is 0 Å². The highest BCUT2D eigenvalue weighted by Gasteiger charge is 2.20. The number of aromatic nitrogens is 3. The molecule has 2 aromatic carbocycles. The van der Waals surface area contributed by atoms with Crippen LogP contribution in [0.25, 0.3) is 10.2 Å². The summed E-state index contributed by atoms with van der Waals surface area (Å²) in [6.07, 6.45) is 6.54. The Hall–Kier alpha value is -2.90. The normalized spacial score (nSPS) is 11.0. The lowest BCUT2D eigenvalue weighted by Gasteiger charge is -2.20. The number of methoxy groups -OCH3 is 1. The van der Waals surface area contributed by atoms with E-state index in [2.05, 4.69) is 4.98 Å². The summed E-state index contributed by atoms with van der Waals surface area (Å²) >= 11 is 7.47. The van der Waals surface area contributed by atoms with Gasteiger partial charge in [-0.25, -0.2) is 9.97 Å². The van der Waals surface area contributed by atoms with Crippen molar-refractivity contribution in [2.45, 2.75) is 19.4 Å². The smallest absolute Gasteiger partial charge is 0.233 e. The number of halogens is 1. The van der Waals surface area contributed by atoms with Gasteiger partial charge in [-0.1, -0.05) is 35.1 Å². The molecule has 0 atom stereocenters. The summed E-state index contributed by atoms with van der Waals surface area (Å²) in [5, 5.41) is 1.35. The lowest BCUT2D eigenvalue weighted by atomic mass is 10.1. The van der Waals surface area contributed by atoms with Crippen LogP contribution in [0, 0.1) is 0 Å². The van der Waals surface area contributed by atoms with Crippen LogP contribution >= 0.6 is 22.9 Å². The van der Waals surface area contributed by atoms with Crippen molar-refractivity contribution >= 4 is 44.2 Å². The average Bonchev–Trinajstić information content (AvgIpc) is 3.41. The van der Waals surface area contributed by atoms with Crippen LogP contribution in [0.3, 0.4) is 0 Å². The van der Waals surface area contributed by atoms with Gasteiger partial charge in [-0.3, -0.25) is 9.69 Å². The first-order valence-corrected chi connectivity index (χ1v) is 10.8. The van der Waals surface area contributed by atoms with Crippen LogP contribution in [0.2, 0.25) is 5.02 Å². The number of benzene rings is 2. The molecular weight excluding hydrogens is 420 g/mol. The Kier molecular flexibility index (Phi) is 6.30. The second kappa shape index (κ2) is 9.28. The molecule has 2 aromatic heterocycles. The van der Waals surface area contributed by atoms with Gasteiger partial charge >= 0.3 is 0 Å². The molecule has 6 nitrogen and oxygen atoms in total. The van der Waals surface area contributed by atoms with E-state index >= 15 is 0 Å². The van der Waals surface area contributed by atoms with Gasteiger partial charge in [0.15, 0.2) is 5.13 Å². The quantitative estimate of drug-likeness (QED) is 0.394. The summed E-state index contributed by atoms with van der Waals surface area (Å²) in [6.45, 7) is 1.35. The van der Waals surface area contributed by atoms with Gasteiger partial charge in [0.2, 0.25) is 5.91 Å². The van der Waals surface area contributed by atoms with E-state index in [4.69, 9.17) is 21.3 Å². The molecule has 0 unspecified atom stereocenters. The molecule has 0 spiro atoms. The molecule has 0 aliphatic rings. The number of thiazole rings is 1. The summed E-state index contributed by atoms with van der Waals surface area (Å²) in [5.74, 6) is 0.783. The Balaban J connectivity index is 1.56. The summed E-state index contributed by atoms with van der Waals surface area (Å²) in [5.41, 5.74) is 1.78. The van der Waals surface area contributed by atoms with Gasteiger partial charge in [0.1, 0.15) is 5.75 Å². The predicted octanol–water partition coefficient (Wildman–Crippen LogP) is 4.82. The maximum Gasteiger partial charge on any atom is 0.233 e. The molecule has 8 heteroatoms. The van der Waals surface area contributed by atoms with Crippen LogP contribution < -0.4 is 9.64 Å². The van der Waals surface area contributed by atoms with Crippen molar-refractivity contribution in [1.29, 1.82) is 0 Å². The number of ether oxygens (including phenoxy) is 1. The van der Waals surface area contributed by atoms with Gasteiger partial charge in [-0.05, 0) is 42.3 Å². The molecule has 0 N–H and O–H groups in total. The van der Waals surface area contributed by atoms with Gasteiger partial charge in [0.05, 0.1) is 30.1 Å². The summed E-state index contributed by atoms with van der Waals surface area (Å²) in [4.78, 5) is 23.8. The van der Waals surface area contributed by atoms with Crippen LogP contribution in [0.5, 0.6) is 5.75 Å². The summed E-state index contributed by atoms with van der Waals surface area (Å²) in [6, 6.07) is 13.1. The lowest BCUT2D eigenvalue weighted by Crippen LogP contribution is -2.33. The maximum atomic E-state index is 13.2. The third-order valence-corrected chi connectivity index (χ3v) is 6.04. The molecule has 30 heavy (non-hydrogen) atoms. The zero-order valence-corrected chi connectivity index (χ0v) is 18.1. The highest BCUT2D eigenvalue weighted by molar-refractivity contribution is 7.22. The van der Waals surface area contributed by atoms with Crippen molar-refractivity contribution in [1.82, 2.24) is 14.5 Å². The SMILES string of the molecule is COc1ccc2nc(N(CCCn3ccnc3)C(=O)Cc3ccc(Cl)cc3)sc2c1. The number of anilines is 1. The van der Waals surface area contributed by atoms with Crippen molar-refractivity contribution in [2.75, 3.05) is 18.6 Å². The third-order valence-electron chi connectivity index (χ3n) is 4.74. The second-order valence-electron chi connectivity index (χ2n) is 6.83. The minimum absolute atomic E-state index is 0.00831. The molecule has 0 aliphatic heterocycles. The molecular formula is C22H21ClN4O2S. The van der Waals surface area contributed by atoms with Crippen molar-refractivity contribution < 1.29 is 9.53 Å². The van der Waals surface area contributed by atoms with Gasteiger partial charge in [-0.15, -0.1) is 0 Å². The Bertz CT molecular complexity index is 1130. The zero-order chi connectivity index (χ0) is 20.9. The third kappa shape index (κ3) is 4.80. The first-order chi connectivity index (χ1) is 14.6. The minimum Gasteiger partial charge on any atom is -0.497 e. The number of hydrogen-bond donors (Lipinski definition) is 0. The van der Waals surface area contributed by atoms with Crippen LogP contribution in [-0.2, 0) is 17.8 Å². The van der Waals surface area contributed by atoms with Gasteiger partial charge in [0.25, 0.3) is 0 Å². The monoisotopic (exact) mass is 440 g/mol. The molecule has 154 valence electrons. The Morgan fingerprint density at radius 2 is 2.07 bits per heavy atom. The van der Waals surface area contributed by atoms with Gasteiger partial charge < -0.3 is 9.30 Å². The molecule has 0 saturated carbocycles. The van der Waals surface area contributed by atoms with E-state index in [-0.39, 0.29) is 5.91 Å². The van der Waals surface area contributed by atoms with Crippen molar-refractivity contribution in [3.05, 3.63) is 71.8 Å². The maximum absolute atomic E-state index is 13.2. The Morgan fingerprint density at radius 3 is 2.80 bits per heavy atom. The van der Waals surface area contributed by atoms with Gasteiger partial charge in [0, 0.05) is 30.5 Å². The van der Waals surface area contributed by atoms with Crippen LogP contribution in [0.15, 0.2) is 61.2 Å². The van der Waals surface area contributed by atoms with E-state index in [0.717, 1.165) is 34.5 Å². The number of carbonyl (C=O) groups excluding carboxylic acids is 1. The minimum atomic E-state index is 0.00831. The van der Waals surface area contributed by atoms with Gasteiger partial charge in [-0.2, -0.15) is 0 Å². The number of fused-ring (bicyclic) bond motifs is 1. The number of carbonyl (C=O) groups is 1. The predicted molar refractivity (Wildman–Crippen MR) is 121 cm³/mol. The molecule has 4 rings (SSSR count). The van der Waals surface area contributed by atoms with Crippen LogP contribution in [-0.4, -0.2) is 34.1 Å². The van der Waals surface area contributed by atoms with Crippen LogP contribution in [0.4, 0.5) is 5.13 Å². The summed E-state index contributed by atoms with van der Waals surface area (Å²) in [7, 11) is 1.64. The molecule has 4 aromatic rings. The molecule has 0 aliphatic carbocycles.